The summed E-state index contributed by atoms with van der Waals surface area (Å²) in [6, 6.07) is 25.7. The van der Waals surface area contributed by atoms with Gasteiger partial charge in [-0.05, 0) is 97.7 Å². The molecule has 2 N–H and O–H groups in total. The molecule has 0 saturated heterocycles. The molecule has 0 radical (unpaired) electrons. The van der Waals surface area contributed by atoms with Crippen LogP contribution in [0.15, 0.2) is 83.8 Å². The van der Waals surface area contributed by atoms with Gasteiger partial charge in [0.25, 0.3) is 0 Å². The lowest BCUT2D eigenvalue weighted by Crippen LogP contribution is -2.53. The van der Waals surface area contributed by atoms with Crippen LogP contribution in [0.3, 0.4) is 0 Å². The predicted molar refractivity (Wildman–Crippen MR) is 146 cm³/mol. The van der Waals surface area contributed by atoms with Crippen molar-refractivity contribution in [3.8, 4) is 0 Å². The Morgan fingerprint density at radius 2 is 1.69 bits per heavy atom. The van der Waals surface area contributed by atoms with Crippen LogP contribution in [0, 0.1) is 5.92 Å². The maximum Gasteiger partial charge on any atom is 0.329 e. The third-order valence-electron chi connectivity index (χ3n) is 8.30. The van der Waals surface area contributed by atoms with Gasteiger partial charge in [0, 0.05) is 21.4 Å². The van der Waals surface area contributed by atoms with Gasteiger partial charge < -0.3 is 10.4 Å². The van der Waals surface area contributed by atoms with Crippen LogP contribution in [0.25, 0.3) is 0 Å². The highest BCUT2D eigenvalue weighted by Gasteiger charge is 2.53. The van der Waals surface area contributed by atoms with Crippen molar-refractivity contribution in [1.29, 1.82) is 0 Å². The molecule has 4 nitrogen and oxygen atoms in total. The molecule has 0 amide bonds. The molecule has 36 heavy (non-hydrogen) atoms. The first-order chi connectivity index (χ1) is 17.4. The minimum Gasteiger partial charge on any atom is -0.480 e. The van der Waals surface area contributed by atoms with Gasteiger partial charge in [0.05, 0.1) is 10.8 Å². The largest absolute Gasteiger partial charge is 0.480 e. The average molecular weight is 522 g/mol. The molecule has 5 rings (SSSR count). The van der Waals surface area contributed by atoms with Gasteiger partial charge in [0.15, 0.2) is 0 Å². The maximum absolute atomic E-state index is 12.8. The Hall–Kier alpha value is -2.63. The van der Waals surface area contributed by atoms with Crippen LogP contribution in [0.1, 0.15) is 49.7 Å². The Kier molecular flexibility index (Phi) is 7.23. The van der Waals surface area contributed by atoms with Crippen molar-refractivity contribution in [3.05, 3.63) is 95.0 Å². The molecule has 1 saturated carbocycles. The van der Waals surface area contributed by atoms with E-state index >= 15 is 0 Å². The molecule has 3 aromatic rings. The van der Waals surface area contributed by atoms with Crippen LogP contribution >= 0.6 is 11.6 Å². The van der Waals surface area contributed by atoms with E-state index in [1.807, 2.05) is 42.5 Å². The van der Waals surface area contributed by atoms with Gasteiger partial charge >= 0.3 is 5.97 Å². The molecule has 2 aliphatic rings. The topological polar surface area (TPSA) is 66.4 Å². The van der Waals surface area contributed by atoms with E-state index in [0.29, 0.717) is 29.5 Å². The third-order valence-corrected chi connectivity index (χ3v) is 10.00. The highest BCUT2D eigenvalue weighted by Crippen LogP contribution is 2.55. The second-order valence-electron chi connectivity index (χ2n) is 10.2. The molecule has 0 aliphatic heterocycles. The number of carboxylic acid groups (broad SMARTS) is 1. The van der Waals surface area contributed by atoms with Crippen LogP contribution in [0.4, 0.5) is 5.69 Å². The smallest absolute Gasteiger partial charge is 0.329 e. The zero-order valence-electron chi connectivity index (χ0n) is 20.3. The summed E-state index contributed by atoms with van der Waals surface area (Å²) in [7, 11) is -0.992. The number of hydrogen-bond donors (Lipinski definition) is 2. The molecule has 1 fully saturated rings. The van der Waals surface area contributed by atoms with E-state index in [1.54, 1.807) is 12.1 Å². The average Bonchev–Trinajstić information content (AvgIpc) is 3.19. The Morgan fingerprint density at radius 3 is 2.42 bits per heavy atom. The summed E-state index contributed by atoms with van der Waals surface area (Å²) in [5.74, 6) is 0.279. The first-order valence-corrected chi connectivity index (χ1v) is 14.4. The lowest BCUT2D eigenvalue weighted by atomic mass is 9.60. The van der Waals surface area contributed by atoms with Crippen molar-refractivity contribution in [1.82, 2.24) is 0 Å². The lowest BCUT2D eigenvalue weighted by molar-refractivity contribution is -0.144. The monoisotopic (exact) mass is 521 g/mol. The fourth-order valence-corrected chi connectivity index (χ4v) is 7.74. The molecule has 6 heteroatoms. The van der Waals surface area contributed by atoms with Gasteiger partial charge in [-0.15, -0.1) is 0 Å². The first kappa shape index (κ1) is 25.0. The van der Waals surface area contributed by atoms with E-state index in [2.05, 4.69) is 29.6 Å². The summed E-state index contributed by atoms with van der Waals surface area (Å²) in [5.41, 5.74) is 2.48. The number of carboxylic acids is 1. The molecule has 188 valence electrons. The fraction of sp³-hybridized carbons (Fsp3) is 0.367. The molecule has 0 bridgehead atoms. The van der Waals surface area contributed by atoms with Crippen molar-refractivity contribution in [2.45, 2.75) is 60.8 Å². The number of benzene rings is 3. The molecule has 1 spiro atoms. The Balaban J connectivity index is 1.33. The van der Waals surface area contributed by atoms with E-state index in [1.165, 1.54) is 11.1 Å². The number of aliphatic carboxylic acids is 1. The summed E-state index contributed by atoms with van der Waals surface area (Å²) in [6.45, 7) is 0. The van der Waals surface area contributed by atoms with E-state index in [9.17, 15) is 14.1 Å². The first-order valence-electron chi connectivity index (χ1n) is 12.7. The van der Waals surface area contributed by atoms with Crippen molar-refractivity contribution < 1.29 is 14.1 Å². The van der Waals surface area contributed by atoms with E-state index in [4.69, 9.17) is 11.6 Å². The van der Waals surface area contributed by atoms with Crippen LogP contribution in [-0.2, 0) is 27.4 Å². The van der Waals surface area contributed by atoms with Crippen molar-refractivity contribution in [2.75, 3.05) is 11.1 Å². The van der Waals surface area contributed by atoms with Gasteiger partial charge in [-0.1, -0.05) is 60.1 Å². The molecule has 2 unspecified atom stereocenters. The Labute approximate surface area is 220 Å². The SMILES string of the molecule is O=C(O)C1(Nc2cccc(Cl)c2)CCC2(CC1)c1ccccc1CC2CCCS(=O)c1ccccc1. The molecule has 2 aliphatic carbocycles. The van der Waals surface area contributed by atoms with E-state index < -0.39 is 22.3 Å². The molecule has 0 heterocycles. The highest BCUT2D eigenvalue weighted by molar-refractivity contribution is 7.85. The number of rotatable bonds is 8. The van der Waals surface area contributed by atoms with Crippen molar-refractivity contribution in [2.24, 2.45) is 5.92 Å². The number of hydrogen-bond acceptors (Lipinski definition) is 3. The zero-order valence-corrected chi connectivity index (χ0v) is 21.9. The second kappa shape index (κ2) is 10.4. The quantitative estimate of drug-likeness (QED) is 0.340. The summed E-state index contributed by atoms with van der Waals surface area (Å²) in [4.78, 5) is 13.4. The molecule has 2 atom stereocenters. The lowest BCUT2D eigenvalue weighted by Gasteiger charge is -2.47. The predicted octanol–water partition coefficient (Wildman–Crippen LogP) is 6.85. The maximum atomic E-state index is 12.8. The fourth-order valence-electron chi connectivity index (χ4n) is 6.43. The molecular formula is C30H32ClNO3S. The third kappa shape index (κ3) is 4.83. The van der Waals surface area contributed by atoms with Crippen LogP contribution < -0.4 is 5.32 Å². The second-order valence-corrected chi connectivity index (χ2v) is 12.2. The number of anilines is 1. The van der Waals surface area contributed by atoms with Gasteiger partial charge in [-0.3, -0.25) is 4.21 Å². The number of fused-ring (bicyclic) bond motifs is 2. The molecular weight excluding hydrogens is 490 g/mol. The van der Waals surface area contributed by atoms with Gasteiger partial charge in [-0.2, -0.15) is 0 Å². The summed E-state index contributed by atoms with van der Waals surface area (Å²) in [5, 5.41) is 14.2. The standard InChI is InChI=1S/C30H32ClNO3S/c31-24-10-6-11-25(21-24)32-30(28(33)34)17-15-29(16-18-30)23(20-22-8-4-5-14-27(22)29)9-7-19-36(35)26-12-2-1-3-13-26/h1-6,8,10-14,21,23,32H,7,9,15-20H2,(H,33,34). The summed E-state index contributed by atoms with van der Waals surface area (Å²) >= 11 is 6.16. The number of carbonyl (C=O) groups is 1. The van der Waals surface area contributed by atoms with Crippen LogP contribution in [-0.4, -0.2) is 26.6 Å². The minimum absolute atomic E-state index is 0.0280. The molecule has 3 aromatic carbocycles. The van der Waals surface area contributed by atoms with Crippen molar-refractivity contribution in [3.63, 3.8) is 0 Å². The summed E-state index contributed by atoms with van der Waals surface area (Å²) in [6.07, 6.45) is 5.63. The Morgan fingerprint density at radius 1 is 0.972 bits per heavy atom. The highest BCUT2D eigenvalue weighted by atomic mass is 35.5. The van der Waals surface area contributed by atoms with Crippen LogP contribution in [0.2, 0.25) is 5.02 Å². The zero-order chi connectivity index (χ0) is 25.2. The summed E-state index contributed by atoms with van der Waals surface area (Å²) < 4.78 is 12.8. The van der Waals surface area contributed by atoms with Gasteiger partial charge in [0.2, 0.25) is 0 Å². The van der Waals surface area contributed by atoms with Crippen LogP contribution in [0.5, 0.6) is 0 Å². The van der Waals surface area contributed by atoms with E-state index in [-0.39, 0.29) is 5.41 Å². The van der Waals surface area contributed by atoms with E-state index in [0.717, 1.165) is 42.7 Å². The molecule has 0 aromatic heterocycles. The number of halogens is 1. The van der Waals surface area contributed by atoms with Gasteiger partial charge in [0.1, 0.15) is 5.54 Å². The van der Waals surface area contributed by atoms with Crippen molar-refractivity contribution >= 4 is 34.1 Å². The normalized spacial score (nSPS) is 25.9. The number of nitrogens with one attached hydrogen (secondary N) is 1. The minimum atomic E-state index is -1.01. The Bertz CT molecular complexity index is 1250. The van der Waals surface area contributed by atoms with Gasteiger partial charge in [-0.25, -0.2) is 4.79 Å².